The van der Waals surface area contributed by atoms with Crippen LogP contribution in [0.5, 0.6) is 0 Å². The van der Waals surface area contributed by atoms with Gasteiger partial charge in [-0.15, -0.1) is 0 Å². The van der Waals surface area contributed by atoms with Crippen LogP contribution in [0, 0.1) is 0 Å². The molecule has 0 fully saturated rings. The van der Waals surface area contributed by atoms with E-state index in [1.807, 2.05) is 18.2 Å². The molecule has 0 aromatic heterocycles. The fourth-order valence-electron chi connectivity index (χ4n) is 1.16. The molecule has 0 unspecified atom stereocenters. The maximum atomic E-state index is 6.04. The molecule has 0 aliphatic rings. The van der Waals surface area contributed by atoms with Crippen molar-refractivity contribution in [3.05, 3.63) is 40.9 Å². The van der Waals surface area contributed by atoms with Gasteiger partial charge < -0.3 is 0 Å². The largest absolute Gasteiger partial charge is 0.0985 e. The number of rotatable bonds is 3. The van der Waals surface area contributed by atoms with Crippen LogP contribution >= 0.6 is 11.6 Å². The molecule has 1 aromatic carbocycles. The Labute approximate surface area is 78.9 Å². The summed E-state index contributed by atoms with van der Waals surface area (Å²) in [7, 11) is 0. The summed E-state index contributed by atoms with van der Waals surface area (Å²) in [5, 5.41) is 0.856. The van der Waals surface area contributed by atoms with Crippen molar-refractivity contribution >= 4 is 17.7 Å². The van der Waals surface area contributed by atoms with Crippen molar-refractivity contribution in [3.8, 4) is 0 Å². The number of hydrogen-bond donors (Lipinski definition) is 0. The molecule has 0 atom stereocenters. The average molecular weight is 181 g/mol. The van der Waals surface area contributed by atoms with Crippen molar-refractivity contribution in [2.75, 3.05) is 0 Å². The van der Waals surface area contributed by atoms with Crippen LogP contribution in [0.3, 0.4) is 0 Å². The van der Waals surface area contributed by atoms with Gasteiger partial charge in [-0.2, -0.15) is 0 Å². The summed E-state index contributed by atoms with van der Waals surface area (Å²) in [6.07, 6.45) is 3.99. The van der Waals surface area contributed by atoms with E-state index in [1.165, 1.54) is 5.56 Å². The Kier molecular flexibility index (Phi) is 3.36. The van der Waals surface area contributed by atoms with Crippen molar-refractivity contribution in [2.24, 2.45) is 0 Å². The smallest absolute Gasteiger partial charge is 0.0443 e. The minimum Gasteiger partial charge on any atom is -0.0985 e. The van der Waals surface area contributed by atoms with Gasteiger partial charge in [0.1, 0.15) is 0 Å². The Balaban J connectivity index is 2.94. The van der Waals surface area contributed by atoms with Crippen molar-refractivity contribution in [3.63, 3.8) is 0 Å². The normalized spacial score (nSPS) is 9.83. The second-order valence-electron chi connectivity index (χ2n) is 2.80. The lowest BCUT2D eigenvalue weighted by Gasteiger charge is -2.02. The third-order valence-electron chi connectivity index (χ3n) is 1.83. The molecule has 0 heterocycles. The van der Waals surface area contributed by atoms with Gasteiger partial charge in [0.2, 0.25) is 0 Å². The van der Waals surface area contributed by atoms with E-state index in [-0.39, 0.29) is 0 Å². The molecule has 64 valence electrons. The van der Waals surface area contributed by atoms with Crippen LogP contribution in [-0.2, 0) is 6.42 Å². The van der Waals surface area contributed by atoms with E-state index in [0.29, 0.717) is 0 Å². The first kappa shape index (κ1) is 9.34. The summed E-state index contributed by atoms with van der Waals surface area (Å²) in [6.45, 7) is 5.84. The topological polar surface area (TPSA) is 0 Å². The highest BCUT2D eigenvalue weighted by atomic mass is 35.5. The van der Waals surface area contributed by atoms with Crippen molar-refractivity contribution in [2.45, 2.75) is 19.8 Å². The highest BCUT2D eigenvalue weighted by Gasteiger charge is 1.98. The first-order chi connectivity index (χ1) is 5.77. The zero-order valence-electron chi connectivity index (χ0n) is 7.31. The zero-order chi connectivity index (χ0) is 8.97. The Morgan fingerprint density at radius 3 is 2.75 bits per heavy atom. The van der Waals surface area contributed by atoms with E-state index in [9.17, 15) is 0 Å². The predicted octanol–water partition coefficient (Wildman–Crippen LogP) is 3.94. The van der Waals surface area contributed by atoms with Crippen LogP contribution in [0.15, 0.2) is 24.8 Å². The zero-order valence-corrected chi connectivity index (χ0v) is 8.06. The van der Waals surface area contributed by atoms with E-state index in [1.54, 1.807) is 0 Å². The third kappa shape index (κ3) is 2.12. The lowest BCUT2D eigenvalue weighted by molar-refractivity contribution is 0.922. The number of benzene rings is 1. The van der Waals surface area contributed by atoms with Gasteiger partial charge in [-0.3, -0.25) is 0 Å². The van der Waals surface area contributed by atoms with Crippen molar-refractivity contribution in [1.82, 2.24) is 0 Å². The molecule has 12 heavy (non-hydrogen) atoms. The molecule has 0 radical (unpaired) electrons. The fourth-order valence-corrected chi connectivity index (χ4v) is 1.45. The standard InChI is InChI=1S/C11H13Cl/c1-3-5-10-7-6-9(4-2)8-11(10)12/h4,6-8H,2-3,5H2,1H3. The summed E-state index contributed by atoms with van der Waals surface area (Å²) >= 11 is 6.04. The van der Waals surface area contributed by atoms with E-state index < -0.39 is 0 Å². The quantitative estimate of drug-likeness (QED) is 0.661. The molecule has 0 spiro atoms. The second-order valence-corrected chi connectivity index (χ2v) is 3.21. The van der Waals surface area contributed by atoms with Gasteiger partial charge in [-0.25, -0.2) is 0 Å². The molecule has 0 N–H and O–H groups in total. The van der Waals surface area contributed by atoms with Crippen LogP contribution in [0.1, 0.15) is 24.5 Å². The van der Waals surface area contributed by atoms with Crippen LogP contribution < -0.4 is 0 Å². The Morgan fingerprint density at radius 1 is 1.50 bits per heavy atom. The highest BCUT2D eigenvalue weighted by Crippen LogP contribution is 2.19. The number of hydrogen-bond acceptors (Lipinski definition) is 0. The molecule has 0 saturated carbocycles. The first-order valence-electron chi connectivity index (χ1n) is 4.18. The van der Waals surface area contributed by atoms with Crippen LogP contribution in [0.25, 0.3) is 6.08 Å². The van der Waals surface area contributed by atoms with Crippen molar-refractivity contribution < 1.29 is 0 Å². The lowest BCUT2D eigenvalue weighted by Crippen LogP contribution is -1.85. The molecule has 0 aliphatic carbocycles. The molecule has 0 nitrogen and oxygen atoms in total. The molecule has 0 amide bonds. The Bertz CT molecular complexity index is 276. The van der Waals surface area contributed by atoms with Gasteiger partial charge in [-0.05, 0) is 23.6 Å². The minimum atomic E-state index is 0.856. The minimum absolute atomic E-state index is 0.856. The first-order valence-corrected chi connectivity index (χ1v) is 4.56. The van der Waals surface area contributed by atoms with Gasteiger partial charge in [0.15, 0.2) is 0 Å². The predicted molar refractivity (Wildman–Crippen MR) is 55.5 cm³/mol. The monoisotopic (exact) mass is 180 g/mol. The average Bonchev–Trinajstić information content (AvgIpc) is 2.09. The SMILES string of the molecule is C=Cc1ccc(CCC)c(Cl)c1. The van der Waals surface area contributed by atoms with E-state index in [4.69, 9.17) is 11.6 Å². The molecule has 0 bridgehead atoms. The van der Waals surface area contributed by atoms with E-state index in [2.05, 4.69) is 19.6 Å². The molecule has 1 heteroatoms. The van der Waals surface area contributed by atoms with Crippen LogP contribution in [-0.4, -0.2) is 0 Å². The molecule has 1 aromatic rings. The van der Waals surface area contributed by atoms with Gasteiger partial charge in [0.25, 0.3) is 0 Å². The van der Waals surface area contributed by atoms with E-state index >= 15 is 0 Å². The lowest BCUT2D eigenvalue weighted by atomic mass is 10.1. The second kappa shape index (κ2) is 4.32. The highest BCUT2D eigenvalue weighted by molar-refractivity contribution is 6.31. The van der Waals surface area contributed by atoms with Crippen LogP contribution in [0.4, 0.5) is 0 Å². The van der Waals surface area contributed by atoms with Gasteiger partial charge in [0.05, 0.1) is 0 Å². The summed E-state index contributed by atoms with van der Waals surface area (Å²) in [6, 6.07) is 6.08. The number of halogens is 1. The molecule has 1 rings (SSSR count). The number of aryl methyl sites for hydroxylation is 1. The fraction of sp³-hybridized carbons (Fsp3) is 0.273. The third-order valence-corrected chi connectivity index (χ3v) is 2.18. The molecular formula is C11H13Cl. The summed E-state index contributed by atoms with van der Waals surface area (Å²) < 4.78 is 0. The maximum Gasteiger partial charge on any atom is 0.0443 e. The molecular weight excluding hydrogens is 168 g/mol. The van der Waals surface area contributed by atoms with Gasteiger partial charge in [0, 0.05) is 5.02 Å². The van der Waals surface area contributed by atoms with E-state index in [0.717, 1.165) is 23.4 Å². The summed E-state index contributed by atoms with van der Waals surface area (Å²) in [5.74, 6) is 0. The molecule has 0 saturated heterocycles. The van der Waals surface area contributed by atoms with Gasteiger partial charge >= 0.3 is 0 Å². The maximum absolute atomic E-state index is 6.04. The Morgan fingerprint density at radius 2 is 2.25 bits per heavy atom. The van der Waals surface area contributed by atoms with Gasteiger partial charge in [-0.1, -0.05) is 49.7 Å². The summed E-state index contributed by atoms with van der Waals surface area (Å²) in [5.41, 5.74) is 2.31. The molecule has 0 aliphatic heterocycles. The summed E-state index contributed by atoms with van der Waals surface area (Å²) in [4.78, 5) is 0. The van der Waals surface area contributed by atoms with Crippen LogP contribution in [0.2, 0.25) is 5.02 Å². The Hall–Kier alpha value is -0.750. The van der Waals surface area contributed by atoms with Crippen molar-refractivity contribution in [1.29, 1.82) is 0 Å².